The van der Waals surface area contributed by atoms with Crippen LogP contribution in [0.15, 0.2) is 12.1 Å². The molecule has 0 unspecified atom stereocenters. The average Bonchev–Trinajstić information content (AvgIpc) is 2.85. The highest BCUT2D eigenvalue weighted by Crippen LogP contribution is 2.36. The highest BCUT2D eigenvalue weighted by molar-refractivity contribution is 5.70. The number of nitrogens with one attached hydrogen (secondary N) is 1. The van der Waals surface area contributed by atoms with Crippen molar-refractivity contribution in [3.63, 3.8) is 0 Å². The van der Waals surface area contributed by atoms with Crippen LogP contribution in [0, 0.1) is 0 Å². The Hall–Kier alpha value is -1.38. The number of hydrogen-bond acceptors (Lipinski definition) is 3. The Morgan fingerprint density at radius 3 is 2.80 bits per heavy atom. The monoisotopic (exact) mass is 204 g/mol. The number of phenols is 1. The van der Waals surface area contributed by atoms with E-state index in [9.17, 15) is 5.11 Å². The zero-order valence-corrected chi connectivity index (χ0v) is 8.79. The first-order chi connectivity index (χ1) is 7.34. The number of aromatic hydroxyl groups is 1. The van der Waals surface area contributed by atoms with Crippen molar-refractivity contribution < 1.29 is 5.11 Å². The minimum Gasteiger partial charge on any atom is -0.506 e. The van der Waals surface area contributed by atoms with E-state index < -0.39 is 0 Å². The molecule has 0 saturated carbocycles. The second-order valence-electron chi connectivity index (χ2n) is 4.37. The van der Waals surface area contributed by atoms with Crippen molar-refractivity contribution in [1.82, 2.24) is 0 Å². The fourth-order valence-corrected chi connectivity index (χ4v) is 2.53. The predicted octanol–water partition coefficient (Wildman–Crippen LogP) is 1.96. The highest BCUT2D eigenvalue weighted by Gasteiger charge is 2.19. The van der Waals surface area contributed by atoms with Crippen molar-refractivity contribution in [2.75, 3.05) is 29.9 Å². The van der Waals surface area contributed by atoms with Crippen LogP contribution >= 0.6 is 0 Å². The zero-order valence-electron chi connectivity index (χ0n) is 8.79. The van der Waals surface area contributed by atoms with E-state index in [0.717, 1.165) is 37.4 Å². The first-order valence-electron chi connectivity index (χ1n) is 5.69. The Morgan fingerprint density at radius 2 is 2.00 bits per heavy atom. The van der Waals surface area contributed by atoms with Gasteiger partial charge in [-0.25, -0.2) is 0 Å². The first-order valence-corrected chi connectivity index (χ1v) is 5.69. The van der Waals surface area contributed by atoms with Crippen LogP contribution in [0.5, 0.6) is 5.75 Å². The molecule has 0 radical (unpaired) electrons. The van der Waals surface area contributed by atoms with Crippen molar-refractivity contribution in [1.29, 1.82) is 0 Å². The smallest absolute Gasteiger partial charge is 0.140 e. The lowest BCUT2D eigenvalue weighted by Crippen LogP contribution is -2.17. The topological polar surface area (TPSA) is 35.5 Å². The third-order valence-electron chi connectivity index (χ3n) is 3.36. The molecule has 80 valence electrons. The number of nitrogens with zero attached hydrogens (tertiary/aromatic N) is 1. The van der Waals surface area contributed by atoms with Gasteiger partial charge in [0.05, 0.1) is 5.69 Å². The van der Waals surface area contributed by atoms with Crippen molar-refractivity contribution in [2.24, 2.45) is 0 Å². The fraction of sp³-hybridized carbons (Fsp3) is 0.500. The van der Waals surface area contributed by atoms with Crippen LogP contribution < -0.4 is 10.2 Å². The van der Waals surface area contributed by atoms with Gasteiger partial charge >= 0.3 is 0 Å². The molecule has 1 aromatic rings. The van der Waals surface area contributed by atoms with E-state index >= 15 is 0 Å². The Bertz CT molecular complexity index is 383. The third kappa shape index (κ3) is 1.42. The maximum atomic E-state index is 9.95. The van der Waals surface area contributed by atoms with E-state index in [0.29, 0.717) is 5.75 Å². The van der Waals surface area contributed by atoms with Crippen LogP contribution in [-0.4, -0.2) is 24.7 Å². The molecule has 1 aromatic carbocycles. The van der Waals surface area contributed by atoms with E-state index in [2.05, 4.69) is 16.3 Å². The van der Waals surface area contributed by atoms with Gasteiger partial charge in [-0.3, -0.25) is 0 Å². The summed E-state index contributed by atoms with van der Waals surface area (Å²) >= 11 is 0. The summed E-state index contributed by atoms with van der Waals surface area (Å²) in [5.74, 6) is 0.421. The number of benzene rings is 1. The SMILES string of the molecule is Oc1cc2c(cc1N1CCCC1)CCN2. The summed E-state index contributed by atoms with van der Waals surface area (Å²) in [4.78, 5) is 2.29. The van der Waals surface area contributed by atoms with Gasteiger partial charge in [-0.15, -0.1) is 0 Å². The molecule has 0 atom stereocenters. The minimum absolute atomic E-state index is 0.421. The lowest BCUT2D eigenvalue weighted by molar-refractivity contribution is 0.475. The minimum atomic E-state index is 0.421. The summed E-state index contributed by atoms with van der Waals surface area (Å²) in [5, 5.41) is 13.2. The summed E-state index contributed by atoms with van der Waals surface area (Å²) < 4.78 is 0. The van der Waals surface area contributed by atoms with Gasteiger partial charge in [-0.1, -0.05) is 0 Å². The quantitative estimate of drug-likeness (QED) is 0.734. The molecule has 0 spiro atoms. The van der Waals surface area contributed by atoms with Gasteiger partial charge in [0, 0.05) is 31.4 Å². The Kier molecular flexibility index (Phi) is 1.97. The molecule has 2 N–H and O–H groups in total. The van der Waals surface area contributed by atoms with E-state index in [1.165, 1.54) is 18.4 Å². The maximum Gasteiger partial charge on any atom is 0.140 e. The average molecular weight is 204 g/mol. The van der Waals surface area contributed by atoms with Crippen LogP contribution in [0.4, 0.5) is 11.4 Å². The molecule has 0 amide bonds. The molecule has 3 rings (SSSR count). The Morgan fingerprint density at radius 1 is 1.20 bits per heavy atom. The summed E-state index contributed by atoms with van der Waals surface area (Å²) in [7, 11) is 0. The highest BCUT2D eigenvalue weighted by atomic mass is 16.3. The second-order valence-corrected chi connectivity index (χ2v) is 4.37. The number of anilines is 2. The van der Waals surface area contributed by atoms with Gasteiger partial charge in [0.2, 0.25) is 0 Å². The van der Waals surface area contributed by atoms with E-state index in [1.807, 2.05) is 6.07 Å². The normalized spacial score (nSPS) is 19.1. The lowest BCUT2D eigenvalue weighted by atomic mass is 10.1. The Labute approximate surface area is 89.7 Å². The molecule has 2 aliphatic rings. The molecule has 2 aliphatic heterocycles. The van der Waals surface area contributed by atoms with Crippen LogP contribution in [0.1, 0.15) is 18.4 Å². The van der Waals surface area contributed by atoms with Crippen molar-refractivity contribution in [3.05, 3.63) is 17.7 Å². The fourth-order valence-electron chi connectivity index (χ4n) is 2.53. The number of hydrogen-bond donors (Lipinski definition) is 2. The van der Waals surface area contributed by atoms with Gasteiger partial charge in [0.1, 0.15) is 5.75 Å². The van der Waals surface area contributed by atoms with Crippen molar-refractivity contribution >= 4 is 11.4 Å². The largest absolute Gasteiger partial charge is 0.506 e. The van der Waals surface area contributed by atoms with Crippen LogP contribution in [0.3, 0.4) is 0 Å². The summed E-state index contributed by atoms with van der Waals surface area (Å²) in [6.45, 7) is 3.16. The Balaban J connectivity index is 2.00. The molecule has 0 bridgehead atoms. The summed E-state index contributed by atoms with van der Waals surface area (Å²) in [6, 6.07) is 4.02. The van der Waals surface area contributed by atoms with Crippen LogP contribution in [0.25, 0.3) is 0 Å². The molecule has 1 fully saturated rings. The molecule has 15 heavy (non-hydrogen) atoms. The van der Waals surface area contributed by atoms with Crippen LogP contribution in [-0.2, 0) is 6.42 Å². The maximum absolute atomic E-state index is 9.95. The summed E-state index contributed by atoms with van der Waals surface area (Å²) in [5.41, 5.74) is 3.47. The molecule has 1 saturated heterocycles. The lowest BCUT2D eigenvalue weighted by Gasteiger charge is -2.19. The predicted molar refractivity (Wildman–Crippen MR) is 61.7 cm³/mol. The van der Waals surface area contributed by atoms with E-state index in [4.69, 9.17) is 0 Å². The molecular formula is C12H16N2O. The van der Waals surface area contributed by atoms with Crippen LogP contribution in [0.2, 0.25) is 0 Å². The van der Waals surface area contributed by atoms with Gasteiger partial charge < -0.3 is 15.3 Å². The van der Waals surface area contributed by atoms with Gasteiger partial charge in [0.25, 0.3) is 0 Å². The van der Waals surface area contributed by atoms with Crippen molar-refractivity contribution in [2.45, 2.75) is 19.3 Å². The van der Waals surface area contributed by atoms with Gasteiger partial charge in [0.15, 0.2) is 0 Å². The standard InChI is InChI=1S/C12H16N2O/c15-12-8-10-9(3-4-13-10)7-11(12)14-5-1-2-6-14/h7-8,13,15H,1-6H2. The molecule has 0 aliphatic carbocycles. The number of rotatable bonds is 1. The molecule has 3 nitrogen and oxygen atoms in total. The molecule has 2 heterocycles. The third-order valence-corrected chi connectivity index (χ3v) is 3.36. The van der Waals surface area contributed by atoms with Gasteiger partial charge in [-0.05, 0) is 30.9 Å². The number of fused-ring (bicyclic) bond motifs is 1. The number of phenolic OH excluding ortho intramolecular Hbond substituents is 1. The molecular weight excluding hydrogens is 188 g/mol. The molecule has 3 heteroatoms. The first kappa shape index (κ1) is 8.89. The van der Waals surface area contributed by atoms with Gasteiger partial charge in [-0.2, -0.15) is 0 Å². The zero-order chi connectivity index (χ0) is 10.3. The second kappa shape index (κ2) is 3.33. The summed E-state index contributed by atoms with van der Waals surface area (Å²) in [6.07, 6.45) is 3.57. The van der Waals surface area contributed by atoms with E-state index in [-0.39, 0.29) is 0 Å². The van der Waals surface area contributed by atoms with Crippen molar-refractivity contribution in [3.8, 4) is 5.75 Å². The van der Waals surface area contributed by atoms with E-state index in [1.54, 1.807) is 0 Å². The molecule has 0 aromatic heterocycles.